The van der Waals surface area contributed by atoms with Gasteiger partial charge in [0.15, 0.2) is 5.84 Å². The zero-order valence-electron chi connectivity index (χ0n) is 10.4. The normalized spacial score (nSPS) is 41.6. The van der Waals surface area contributed by atoms with E-state index in [1.807, 2.05) is 0 Å². The summed E-state index contributed by atoms with van der Waals surface area (Å²) in [5.74, 6) is 0.916. The lowest BCUT2D eigenvalue weighted by atomic mass is 9.70. The molecule has 0 aliphatic heterocycles. The second kappa shape index (κ2) is 3.62. The van der Waals surface area contributed by atoms with Crippen molar-refractivity contribution in [2.45, 2.75) is 46.1 Å². The highest BCUT2D eigenvalue weighted by Gasteiger charge is 2.61. The van der Waals surface area contributed by atoms with Crippen LogP contribution in [-0.4, -0.2) is 23.8 Å². The Morgan fingerprint density at radius 3 is 2.62 bits per heavy atom. The Kier molecular flexibility index (Phi) is 2.65. The van der Waals surface area contributed by atoms with Gasteiger partial charge in [0.2, 0.25) is 0 Å². The van der Waals surface area contributed by atoms with E-state index in [2.05, 4.69) is 25.9 Å². The number of rotatable bonds is 3. The predicted octanol–water partition coefficient (Wildman–Crippen LogP) is 1.96. The number of amidine groups is 1. The summed E-state index contributed by atoms with van der Waals surface area (Å²) < 4.78 is 5.81. The van der Waals surface area contributed by atoms with Crippen molar-refractivity contribution in [2.75, 3.05) is 6.61 Å². The van der Waals surface area contributed by atoms with Gasteiger partial charge >= 0.3 is 0 Å². The third-order valence-electron chi connectivity index (χ3n) is 5.27. The maximum atomic E-state index is 8.49. The van der Waals surface area contributed by atoms with E-state index in [-0.39, 0.29) is 24.0 Å². The minimum absolute atomic E-state index is 0.157. The first-order valence-corrected chi connectivity index (χ1v) is 6.00. The summed E-state index contributed by atoms with van der Waals surface area (Å²) in [5, 5.41) is 11.4. The molecule has 4 nitrogen and oxygen atoms in total. The van der Waals surface area contributed by atoms with E-state index >= 15 is 0 Å². The summed E-state index contributed by atoms with van der Waals surface area (Å²) in [4.78, 5) is 0. The molecule has 0 aromatic rings. The maximum Gasteiger partial charge on any atom is 0.165 e. The van der Waals surface area contributed by atoms with E-state index in [9.17, 15) is 0 Å². The fourth-order valence-electron chi connectivity index (χ4n) is 3.60. The Morgan fingerprint density at radius 1 is 1.50 bits per heavy atom. The van der Waals surface area contributed by atoms with Crippen molar-refractivity contribution in [3.8, 4) is 0 Å². The van der Waals surface area contributed by atoms with E-state index in [4.69, 9.17) is 15.7 Å². The molecule has 92 valence electrons. The quantitative estimate of drug-likeness (QED) is 0.334. The highest BCUT2D eigenvalue weighted by molar-refractivity contribution is 5.80. The first kappa shape index (κ1) is 11.7. The van der Waals surface area contributed by atoms with Crippen LogP contribution in [0.1, 0.15) is 40.0 Å². The number of fused-ring (bicyclic) bond motifs is 2. The predicted molar refractivity (Wildman–Crippen MR) is 62.4 cm³/mol. The minimum Gasteiger partial charge on any atom is -0.409 e. The zero-order chi connectivity index (χ0) is 12.0. The lowest BCUT2D eigenvalue weighted by Crippen LogP contribution is -2.38. The molecule has 0 saturated heterocycles. The van der Waals surface area contributed by atoms with Crippen molar-refractivity contribution in [1.82, 2.24) is 0 Å². The highest BCUT2D eigenvalue weighted by atomic mass is 16.5. The smallest absolute Gasteiger partial charge is 0.165 e. The van der Waals surface area contributed by atoms with E-state index in [1.54, 1.807) is 0 Å². The number of ether oxygens (including phenoxy) is 1. The van der Waals surface area contributed by atoms with Crippen LogP contribution in [0.3, 0.4) is 0 Å². The molecular weight excluding hydrogens is 204 g/mol. The number of nitrogens with two attached hydrogens (primary N) is 1. The molecular formula is C12H22N2O2. The molecule has 0 radical (unpaired) electrons. The van der Waals surface area contributed by atoms with Crippen LogP contribution in [0.15, 0.2) is 5.16 Å². The van der Waals surface area contributed by atoms with Gasteiger partial charge in [0.1, 0.15) is 6.61 Å². The van der Waals surface area contributed by atoms with Crippen LogP contribution >= 0.6 is 0 Å². The number of oxime groups is 1. The van der Waals surface area contributed by atoms with Crippen LogP contribution in [0.5, 0.6) is 0 Å². The molecule has 2 saturated carbocycles. The summed E-state index contributed by atoms with van der Waals surface area (Å²) in [6.45, 7) is 7.24. The van der Waals surface area contributed by atoms with Gasteiger partial charge < -0.3 is 15.7 Å². The Hall–Kier alpha value is -0.770. The summed E-state index contributed by atoms with van der Waals surface area (Å²) in [6, 6.07) is 0. The van der Waals surface area contributed by atoms with Crippen LogP contribution in [0.2, 0.25) is 0 Å². The van der Waals surface area contributed by atoms with E-state index in [1.165, 1.54) is 12.8 Å². The van der Waals surface area contributed by atoms with Crippen molar-refractivity contribution < 1.29 is 9.94 Å². The van der Waals surface area contributed by atoms with Crippen LogP contribution in [0.4, 0.5) is 0 Å². The molecule has 2 bridgehead atoms. The van der Waals surface area contributed by atoms with Gasteiger partial charge in [-0.3, -0.25) is 0 Å². The van der Waals surface area contributed by atoms with Gasteiger partial charge in [0.25, 0.3) is 0 Å². The maximum absolute atomic E-state index is 8.49. The minimum atomic E-state index is 0.157. The van der Waals surface area contributed by atoms with E-state index in [0.717, 1.165) is 12.3 Å². The first-order valence-electron chi connectivity index (χ1n) is 6.00. The molecule has 3 N–H and O–H groups in total. The van der Waals surface area contributed by atoms with Crippen LogP contribution in [0.25, 0.3) is 0 Å². The van der Waals surface area contributed by atoms with Gasteiger partial charge in [0, 0.05) is 0 Å². The van der Waals surface area contributed by atoms with Gasteiger partial charge in [-0.2, -0.15) is 0 Å². The molecule has 2 aliphatic rings. The summed E-state index contributed by atoms with van der Waals surface area (Å²) in [6.07, 6.45) is 3.90. The van der Waals surface area contributed by atoms with Crippen LogP contribution in [0, 0.1) is 16.7 Å². The molecule has 0 aromatic carbocycles. The zero-order valence-corrected chi connectivity index (χ0v) is 10.4. The van der Waals surface area contributed by atoms with Crippen LogP contribution in [-0.2, 0) is 4.74 Å². The molecule has 0 heterocycles. The molecule has 0 aromatic heterocycles. The summed E-state index contributed by atoms with van der Waals surface area (Å²) in [5.41, 5.74) is 6.03. The monoisotopic (exact) mass is 226 g/mol. The molecule has 0 spiro atoms. The molecule has 2 fully saturated rings. The van der Waals surface area contributed by atoms with Crippen molar-refractivity contribution in [3.05, 3.63) is 0 Å². The van der Waals surface area contributed by atoms with Gasteiger partial charge in [0.05, 0.1) is 6.10 Å². The number of nitrogens with zero attached hydrogens (tertiary/aromatic N) is 1. The number of hydrogen-bond acceptors (Lipinski definition) is 3. The third-order valence-corrected chi connectivity index (χ3v) is 5.27. The largest absolute Gasteiger partial charge is 0.409 e. The lowest BCUT2D eigenvalue weighted by molar-refractivity contribution is -0.0319. The molecule has 2 aliphatic carbocycles. The molecule has 4 heteroatoms. The van der Waals surface area contributed by atoms with Gasteiger partial charge in [-0.05, 0) is 36.0 Å². The highest BCUT2D eigenvalue weighted by Crippen LogP contribution is 2.66. The molecule has 3 unspecified atom stereocenters. The fourth-order valence-corrected chi connectivity index (χ4v) is 3.60. The van der Waals surface area contributed by atoms with Crippen molar-refractivity contribution in [3.63, 3.8) is 0 Å². The fraction of sp³-hybridized carbons (Fsp3) is 0.917. The van der Waals surface area contributed by atoms with Gasteiger partial charge in [-0.1, -0.05) is 25.9 Å². The lowest BCUT2D eigenvalue weighted by Gasteiger charge is -2.38. The van der Waals surface area contributed by atoms with Crippen molar-refractivity contribution in [1.29, 1.82) is 0 Å². The Morgan fingerprint density at radius 2 is 2.19 bits per heavy atom. The van der Waals surface area contributed by atoms with Crippen molar-refractivity contribution in [2.24, 2.45) is 27.6 Å². The molecule has 0 amide bonds. The standard InChI is InChI=1S/C12H22N2O2/c1-11(2)8-4-5-12(11,3)9(6-8)16-7-10(13)14-15/h8-9,15H,4-7H2,1-3H3,(H2,13,14). The molecule has 3 atom stereocenters. The van der Waals surface area contributed by atoms with Gasteiger partial charge in [-0.25, -0.2) is 0 Å². The first-order chi connectivity index (χ1) is 7.41. The van der Waals surface area contributed by atoms with Crippen LogP contribution < -0.4 is 5.73 Å². The Labute approximate surface area is 96.8 Å². The SMILES string of the molecule is CC1(C)C2CCC1(C)C(OCC(N)=NO)C2. The average Bonchev–Trinajstić information content (AvgIpc) is 2.58. The third kappa shape index (κ3) is 1.43. The van der Waals surface area contributed by atoms with E-state index in [0.29, 0.717) is 5.41 Å². The Balaban J connectivity index is 2.04. The second-order valence-corrected chi connectivity index (χ2v) is 6.00. The molecule has 16 heavy (non-hydrogen) atoms. The Bertz CT molecular complexity index is 314. The van der Waals surface area contributed by atoms with Gasteiger partial charge in [-0.15, -0.1) is 0 Å². The summed E-state index contributed by atoms with van der Waals surface area (Å²) >= 11 is 0. The molecule has 2 rings (SSSR count). The van der Waals surface area contributed by atoms with E-state index < -0.39 is 0 Å². The topological polar surface area (TPSA) is 67.8 Å². The second-order valence-electron chi connectivity index (χ2n) is 6.00. The average molecular weight is 226 g/mol. The summed E-state index contributed by atoms with van der Waals surface area (Å²) in [7, 11) is 0. The number of hydrogen-bond donors (Lipinski definition) is 2. The van der Waals surface area contributed by atoms with Crippen molar-refractivity contribution >= 4 is 5.84 Å².